The fourth-order valence-corrected chi connectivity index (χ4v) is 7.56. The molecule has 10 rings (SSSR count). The lowest BCUT2D eigenvalue weighted by molar-refractivity contribution is 1.08. The molecule has 0 unspecified atom stereocenters. The molecular formula is C44H31N5. The van der Waals surface area contributed by atoms with Crippen LogP contribution in [0.25, 0.3) is 88.7 Å². The Morgan fingerprint density at radius 1 is 0.531 bits per heavy atom. The summed E-state index contributed by atoms with van der Waals surface area (Å²) in [6, 6.07) is 49.8. The SMILES string of the molecule is Cc1ccc(-n2c(-c3cccc4c3[nH]c3ccccc34)nc3c(-c4ccc5c6cc(C)ccc6n(-c6ccccn6)c5c4)cccc32)cc1. The number of aryl methyl sites for hydroxylation is 2. The highest BCUT2D eigenvalue weighted by Gasteiger charge is 2.21. The van der Waals surface area contributed by atoms with Crippen LogP contribution in [0.1, 0.15) is 11.1 Å². The molecule has 5 nitrogen and oxygen atoms in total. The maximum absolute atomic E-state index is 5.52. The average molecular weight is 630 g/mol. The summed E-state index contributed by atoms with van der Waals surface area (Å²) in [6.07, 6.45) is 1.86. The maximum Gasteiger partial charge on any atom is 0.147 e. The van der Waals surface area contributed by atoms with Crippen LogP contribution in [-0.4, -0.2) is 24.1 Å². The average Bonchev–Trinajstić information content (AvgIpc) is 3.81. The standard InChI is InChI=1S/C44H31N5/c1-27-16-20-30(21-17-27)48-39-14-8-10-31(43(39)47-44(48)35-12-7-11-34-32-9-3-4-13-37(32)46-42(34)35)29-19-22-33-36-25-28(2)18-23-38(36)49(40(33)26-29)41-15-5-6-24-45-41/h3-26,46H,1-2H3. The molecule has 10 aromatic rings. The summed E-state index contributed by atoms with van der Waals surface area (Å²) in [6.45, 7) is 4.28. The highest BCUT2D eigenvalue weighted by Crippen LogP contribution is 2.40. The number of hydrogen-bond donors (Lipinski definition) is 1. The number of aromatic amines is 1. The summed E-state index contributed by atoms with van der Waals surface area (Å²) < 4.78 is 4.59. The van der Waals surface area contributed by atoms with Crippen molar-refractivity contribution < 1.29 is 0 Å². The Morgan fingerprint density at radius 2 is 1.33 bits per heavy atom. The van der Waals surface area contributed by atoms with E-state index < -0.39 is 0 Å². The third-order valence-corrected chi connectivity index (χ3v) is 9.87. The van der Waals surface area contributed by atoms with Crippen LogP contribution >= 0.6 is 0 Å². The number of fused-ring (bicyclic) bond motifs is 7. The Kier molecular flexibility index (Phi) is 5.94. The van der Waals surface area contributed by atoms with Crippen LogP contribution in [0, 0.1) is 13.8 Å². The second-order valence-corrected chi connectivity index (χ2v) is 13.0. The van der Waals surface area contributed by atoms with Crippen LogP contribution in [-0.2, 0) is 0 Å². The van der Waals surface area contributed by atoms with Gasteiger partial charge in [-0.05, 0) is 80.1 Å². The van der Waals surface area contributed by atoms with Gasteiger partial charge in [-0.1, -0.05) is 90.0 Å². The normalized spacial score (nSPS) is 11.9. The molecule has 6 aromatic carbocycles. The lowest BCUT2D eigenvalue weighted by Crippen LogP contribution is -1.98. The van der Waals surface area contributed by atoms with Crippen LogP contribution < -0.4 is 0 Å². The van der Waals surface area contributed by atoms with Gasteiger partial charge in [0.2, 0.25) is 0 Å². The van der Waals surface area contributed by atoms with Gasteiger partial charge in [-0.2, -0.15) is 0 Å². The Morgan fingerprint density at radius 3 is 2.20 bits per heavy atom. The molecule has 0 saturated carbocycles. The molecular weight excluding hydrogens is 599 g/mol. The van der Waals surface area contributed by atoms with Gasteiger partial charge in [0.05, 0.1) is 27.6 Å². The van der Waals surface area contributed by atoms with Crippen molar-refractivity contribution in [3.63, 3.8) is 0 Å². The van der Waals surface area contributed by atoms with E-state index in [-0.39, 0.29) is 0 Å². The molecule has 0 amide bonds. The highest BCUT2D eigenvalue weighted by molar-refractivity contribution is 6.13. The third kappa shape index (κ3) is 4.19. The van der Waals surface area contributed by atoms with E-state index in [0.29, 0.717) is 0 Å². The molecule has 0 bridgehead atoms. The van der Waals surface area contributed by atoms with Crippen LogP contribution in [0.2, 0.25) is 0 Å². The minimum Gasteiger partial charge on any atom is -0.354 e. The topological polar surface area (TPSA) is 51.4 Å². The largest absolute Gasteiger partial charge is 0.354 e. The lowest BCUT2D eigenvalue weighted by atomic mass is 10.0. The number of nitrogens with zero attached hydrogens (tertiary/aromatic N) is 4. The number of H-pyrrole nitrogens is 1. The van der Waals surface area contributed by atoms with Crippen molar-refractivity contribution in [3.05, 3.63) is 157 Å². The van der Waals surface area contributed by atoms with E-state index in [1.807, 2.05) is 18.3 Å². The number of nitrogens with one attached hydrogen (secondary N) is 1. The van der Waals surface area contributed by atoms with Gasteiger partial charge < -0.3 is 4.98 Å². The number of aromatic nitrogens is 5. The van der Waals surface area contributed by atoms with Crippen LogP contribution in [0.5, 0.6) is 0 Å². The molecule has 0 aliphatic heterocycles. The summed E-state index contributed by atoms with van der Waals surface area (Å²) in [5.41, 5.74) is 13.3. The Labute approximate surface area is 282 Å². The molecule has 0 atom stereocenters. The van der Waals surface area contributed by atoms with E-state index in [9.17, 15) is 0 Å². The first-order valence-electron chi connectivity index (χ1n) is 16.7. The molecule has 4 aromatic heterocycles. The molecule has 4 heterocycles. The van der Waals surface area contributed by atoms with E-state index in [4.69, 9.17) is 9.97 Å². The smallest absolute Gasteiger partial charge is 0.147 e. The molecule has 5 heteroatoms. The molecule has 1 N–H and O–H groups in total. The molecule has 0 saturated heterocycles. The zero-order valence-electron chi connectivity index (χ0n) is 27.1. The van der Waals surface area contributed by atoms with Gasteiger partial charge in [0.25, 0.3) is 0 Å². The molecule has 232 valence electrons. The number of rotatable bonds is 4. The van der Waals surface area contributed by atoms with E-state index in [1.54, 1.807) is 0 Å². The minimum atomic E-state index is 0.902. The van der Waals surface area contributed by atoms with Gasteiger partial charge in [0.1, 0.15) is 11.6 Å². The second kappa shape index (κ2) is 10.5. The highest BCUT2D eigenvalue weighted by atomic mass is 15.1. The van der Waals surface area contributed by atoms with Gasteiger partial charge in [-0.25, -0.2) is 9.97 Å². The predicted molar refractivity (Wildman–Crippen MR) is 203 cm³/mol. The van der Waals surface area contributed by atoms with E-state index in [2.05, 4.69) is 155 Å². The van der Waals surface area contributed by atoms with E-state index in [0.717, 1.165) is 67.1 Å². The van der Waals surface area contributed by atoms with Crippen molar-refractivity contribution in [3.8, 4) is 34.0 Å². The molecule has 0 spiro atoms. The summed E-state index contributed by atoms with van der Waals surface area (Å²) in [7, 11) is 0. The van der Waals surface area contributed by atoms with Crippen LogP contribution in [0.15, 0.2) is 146 Å². The van der Waals surface area contributed by atoms with E-state index in [1.165, 1.54) is 32.7 Å². The van der Waals surface area contributed by atoms with Crippen molar-refractivity contribution in [1.29, 1.82) is 0 Å². The first-order valence-corrected chi connectivity index (χ1v) is 16.7. The number of hydrogen-bond acceptors (Lipinski definition) is 2. The zero-order valence-corrected chi connectivity index (χ0v) is 27.1. The fourth-order valence-electron chi connectivity index (χ4n) is 7.56. The van der Waals surface area contributed by atoms with Gasteiger partial charge in [-0.3, -0.25) is 9.13 Å². The summed E-state index contributed by atoms with van der Waals surface area (Å²) in [5.74, 6) is 1.81. The first-order chi connectivity index (χ1) is 24.1. The lowest BCUT2D eigenvalue weighted by Gasteiger charge is -2.11. The molecule has 49 heavy (non-hydrogen) atoms. The van der Waals surface area contributed by atoms with Gasteiger partial charge in [0.15, 0.2) is 0 Å². The monoisotopic (exact) mass is 629 g/mol. The minimum absolute atomic E-state index is 0.902. The second-order valence-electron chi connectivity index (χ2n) is 13.0. The van der Waals surface area contributed by atoms with Gasteiger partial charge in [0, 0.05) is 50.1 Å². The van der Waals surface area contributed by atoms with Crippen molar-refractivity contribution in [1.82, 2.24) is 24.1 Å². The van der Waals surface area contributed by atoms with Crippen molar-refractivity contribution in [2.24, 2.45) is 0 Å². The Hall–Kier alpha value is -6.46. The van der Waals surface area contributed by atoms with Crippen molar-refractivity contribution in [2.75, 3.05) is 0 Å². The first kappa shape index (κ1) is 27.6. The molecule has 0 radical (unpaired) electrons. The number of para-hydroxylation sites is 3. The summed E-state index contributed by atoms with van der Waals surface area (Å²) >= 11 is 0. The Balaban J connectivity index is 1.26. The van der Waals surface area contributed by atoms with Crippen LogP contribution in [0.3, 0.4) is 0 Å². The molecule has 0 aliphatic carbocycles. The van der Waals surface area contributed by atoms with Gasteiger partial charge >= 0.3 is 0 Å². The van der Waals surface area contributed by atoms with Crippen molar-refractivity contribution in [2.45, 2.75) is 13.8 Å². The summed E-state index contributed by atoms with van der Waals surface area (Å²) in [5, 5.41) is 4.84. The van der Waals surface area contributed by atoms with Crippen molar-refractivity contribution >= 4 is 54.6 Å². The van der Waals surface area contributed by atoms with Crippen LogP contribution in [0.4, 0.5) is 0 Å². The Bertz CT molecular complexity index is 2890. The van der Waals surface area contributed by atoms with Gasteiger partial charge in [-0.15, -0.1) is 0 Å². The molecule has 0 fully saturated rings. The third-order valence-electron chi connectivity index (χ3n) is 9.87. The fraction of sp³-hybridized carbons (Fsp3) is 0.0455. The number of benzene rings is 6. The summed E-state index contributed by atoms with van der Waals surface area (Å²) in [4.78, 5) is 14.0. The number of imidazole rings is 1. The van der Waals surface area contributed by atoms with E-state index >= 15 is 0 Å². The quantitative estimate of drug-likeness (QED) is 0.211. The maximum atomic E-state index is 5.52. The number of pyridine rings is 1. The predicted octanol–water partition coefficient (Wildman–Crippen LogP) is 11.1. The molecule has 0 aliphatic rings. The zero-order chi connectivity index (χ0) is 32.6.